The maximum absolute atomic E-state index is 6.10. The van der Waals surface area contributed by atoms with Gasteiger partial charge in [0.25, 0.3) is 0 Å². The van der Waals surface area contributed by atoms with E-state index in [9.17, 15) is 0 Å². The van der Waals surface area contributed by atoms with E-state index in [1.807, 2.05) is 25.1 Å². The SMILES string of the molecule is CCC(N)c1cc(OCC(C)C)ccc1Cl. The van der Waals surface area contributed by atoms with Crippen LogP contribution in [0.25, 0.3) is 0 Å². The van der Waals surface area contributed by atoms with Crippen LogP contribution in [-0.2, 0) is 0 Å². The highest BCUT2D eigenvalue weighted by atomic mass is 35.5. The van der Waals surface area contributed by atoms with Crippen molar-refractivity contribution < 1.29 is 4.74 Å². The Kier molecular flexibility index (Phi) is 5.10. The molecule has 16 heavy (non-hydrogen) atoms. The van der Waals surface area contributed by atoms with E-state index in [1.165, 1.54) is 0 Å². The fourth-order valence-electron chi connectivity index (χ4n) is 1.38. The van der Waals surface area contributed by atoms with Crippen LogP contribution in [0.5, 0.6) is 5.75 Å². The molecular weight excluding hydrogens is 222 g/mol. The summed E-state index contributed by atoms with van der Waals surface area (Å²) in [7, 11) is 0. The minimum atomic E-state index is -0.0184. The van der Waals surface area contributed by atoms with E-state index >= 15 is 0 Å². The zero-order valence-electron chi connectivity index (χ0n) is 10.2. The number of ether oxygens (including phenoxy) is 1. The van der Waals surface area contributed by atoms with Crippen molar-refractivity contribution in [2.45, 2.75) is 33.2 Å². The lowest BCUT2D eigenvalue weighted by Crippen LogP contribution is -2.10. The molecule has 0 radical (unpaired) electrons. The van der Waals surface area contributed by atoms with Gasteiger partial charge in [-0.25, -0.2) is 0 Å². The summed E-state index contributed by atoms with van der Waals surface area (Å²) in [4.78, 5) is 0. The first-order chi connectivity index (χ1) is 7.54. The Labute approximate surface area is 103 Å². The lowest BCUT2D eigenvalue weighted by atomic mass is 10.1. The first-order valence-corrected chi connectivity index (χ1v) is 6.10. The Balaban J connectivity index is 2.81. The molecule has 1 rings (SSSR count). The zero-order valence-corrected chi connectivity index (χ0v) is 10.9. The molecule has 0 aliphatic heterocycles. The summed E-state index contributed by atoms with van der Waals surface area (Å²) in [5, 5.41) is 0.714. The van der Waals surface area contributed by atoms with E-state index in [2.05, 4.69) is 13.8 Å². The average Bonchev–Trinajstić information content (AvgIpc) is 2.27. The molecule has 3 heteroatoms. The van der Waals surface area contributed by atoms with E-state index in [4.69, 9.17) is 22.1 Å². The fourth-order valence-corrected chi connectivity index (χ4v) is 1.64. The zero-order chi connectivity index (χ0) is 12.1. The molecule has 2 nitrogen and oxygen atoms in total. The molecule has 2 N–H and O–H groups in total. The lowest BCUT2D eigenvalue weighted by molar-refractivity contribution is 0.270. The van der Waals surface area contributed by atoms with Crippen LogP contribution in [0.1, 0.15) is 38.8 Å². The predicted molar refractivity (Wildman–Crippen MR) is 69.0 cm³/mol. The van der Waals surface area contributed by atoms with Gasteiger partial charge in [0.15, 0.2) is 0 Å². The van der Waals surface area contributed by atoms with Gasteiger partial charge < -0.3 is 10.5 Å². The highest BCUT2D eigenvalue weighted by Crippen LogP contribution is 2.27. The first kappa shape index (κ1) is 13.3. The quantitative estimate of drug-likeness (QED) is 0.852. The van der Waals surface area contributed by atoms with Crippen molar-refractivity contribution in [1.82, 2.24) is 0 Å². The summed E-state index contributed by atoms with van der Waals surface area (Å²) in [6.07, 6.45) is 0.868. The van der Waals surface area contributed by atoms with Crippen LogP contribution in [0.15, 0.2) is 18.2 Å². The number of hydrogen-bond acceptors (Lipinski definition) is 2. The van der Waals surface area contributed by atoms with Crippen LogP contribution < -0.4 is 10.5 Å². The van der Waals surface area contributed by atoms with Gasteiger partial charge in [-0.15, -0.1) is 0 Å². The fraction of sp³-hybridized carbons (Fsp3) is 0.538. The van der Waals surface area contributed by atoms with Crippen molar-refractivity contribution in [3.8, 4) is 5.75 Å². The molecule has 0 bridgehead atoms. The highest BCUT2D eigenvalue weighted by Gasteiger charge is 2.09. The summed E-state index contributed by atoms with van der Waals surface area (Å²) in [5.74, 6) is 1.36. The lowest BCUT2D eigenvalue weighted by Gasteiger charge is -2.14. The molecule has 1 aromatic carbocycles. The highest BCUT2D eigenvalue weighted by molar-refractivity contribution is 6.31. The molecule has 0 spiro atoms. The summed E-state index contributed by atoms with van der Waals surface area (Å²) < 4.78 is 5.64. The summed E-state index contributed by atoms with van der Waals surface area (Å²) >= 11 is 6.10. The summed E-state index contributed by atoms with van der Waals surface area (Å²) in [5.41, 5.74) is 6.94. The van der Waals surface area contributed by atoms with Gasteiger partial charge in [0.1, 0.15) is 5.75 Å². The maximum atomic E-state index is 6.10. The molecule has 0 heterocycles. The van der Waals surface area contributed by atoms with Crippen LogP contribution in [0.2, 0.25) is 5.02 Å². The third-order valence-electron chi connectivity index (χ3n) is 2.39. The standard InChI is InChI=1S/C13H20ClNO/c1-4-13(15)11-7-10(5-6-12(11)14)16-8-9(2)3/h5-7,9,13H,4,8,15H2,1-3H3. The first-order valence-electron chi connectivity index (χ1n) is 5.72. The molecule has 1 unspecified atom stereocenters. The Bertz CT molecular complexity index is 339. The molecule has 90 valence electrons. The Morgan fingerprint density at radius 1 is 1.38 bits per heavy atom. The average molecular weight is 242 g/mol. The number of nitrogens with two attached hydrogens (primary N) is 1. The Hall–Kier alpha value is -0.730. The van der Waals surface area contributed by atoms with Gasteiger partial charge in [0, 0.05) is 11.1 Å². The molecule has 0 aromatic heterocycles. The van der Waals surface area contributed by atoms with Crippen molar-refractivity contribution in [3.05, 3.63) is 28.8 Å². The van der Waals surface area contributed by atoms with Crippen LogP contribution >= 0.6 is 11.6 Å². The monoisotopic (exact) mass is 241 g/mol. The third kappa shape index (κ3) is 3.69. The normalized spacial score (nSPS) is 12.9. The van der Waals surface area contributed by atoms with Gasteiger partial charge in [-0.2, -0.15) is 0 Å². The number of benzene rings is 1. The molecule has 0 aliphatic carbocycles. The maximum Gasteiger partial charge on any atom is 0.119 e. The van der Waals surface area contributed by atoms with Crippen LogP contribution in [0, 0.1) is 5.92 Å². The number of halogens is 1. The van der Waals surface area contributed by atoms with Gasteiger partial charge >= 0.3 is 0 Å². The van der Waals surface area contributed by atoms with Crippen molar-refractivity contribution >= 4 is 11.6 Å². The molecule has 0 saturated heterocycles. The van der Waals surface area contributed by atoms with E-state index < -0.39 is 0 Å². The molecule has 0 saturated carbocycles. The second-order valence-corrected chi connectivity index (χ2v) is 4.81. The third-order valence-corrected chi connectivity index (χ3v) is 2.73. The van der Waals surface area contributed by atoms with Gasteiger partial charge in [-0.3, -0.25) is 0 Å². The van der Waals surface area contributed by atoms with Gasteiger partial charge in [0.05, 0.1) is 6.61 Å². The second kappa shape index (κ2) is 6.12. The van der Waals surface area contributed by atoms with Gasteiger partial charge in [0.2, 0.25) is 0 Å². The Morgan fingerprint density at radius 3 is 2.62 bits per heavy atom. The minimum absolute atomic E-state index is 0.0184. The van der Waals surface area contributed by atoms with Gasteiger partial charge in [-0.05, 0) is 36.1 Å². The van der Waals surface area contributed by atoms with Crippen LogP contribution in [0.4, 0.5) is 0 Å². The van der Waals surface area contributed by atoms with Crippen molar-refractivity contribution in [3.63, 3.8) is 0 Å². The topological polar surface area (TPSA) is 35.2 Å². The largest absolute Gasteiger partial charge is 0.493 e. The van der Waals surface area contributed by atoms with E-state index in [-0.39, 0.29) is 6.04 Å². The molecule has 0 fully saturated rings. The molecule has 1 atom stereocenters. The number of hydrogen-bond donors (Lipinski definition) is 1. The molecule has 0 amide bonds. The molecular formula is C13H20ClNO. The Morgan fingerprint density at radius 2 is 2.06 bits per heavy atom. The van der Waals surface area contributed by atoms with E-state index in [0.717, 1.165) is 17.7 Å². The van der Waals surface area contributed by atoms with Crippen LogP contribution in [0.3, 0.4) is 0 Å². The van der Waals surface area contributed by atoms with Crippen molar-refractivity contribution in [2.24, 2.45) is 11.7 Å². The van der Waals surface area contributed by atoms with Crippen LogP contribution in [-0.4, -0.2) is 6.61 Å². The molecule has 1 aromatic rings. The minimum Gasteiger partial charge on any atom is -0.493 e. The predicted octanol–water partition coefficient (Wildman–Crippen LogP) is 3.78. The summed E-state index contributed by atoms with van der Waals surface area (Å²) in [6, 6.07) is 5.66. The van der Waals surface area contributed by atoms with Gasteiger partial charge in [-0.1, -0.05) is 32.4 Å². The summed E-state index contributed by atoms with van der Waals surface area (Å²) in [6.45, 7) is 6.99. The second-order valence-electron chi connectivity index (χ2n) is 4.40. The smallest absolute Gasteiger partial charge is 0.119 e. The van der Waals surface area contributed by atoms with Crippen molar-refractivity contribution in [2.75, 3.05) is 6.61 Å². The number of rotatable bonds is 5. The molecule has 0 aliphatic rings. The van der Waals surface area contributed by atoms with Crippen molar-refractivity contribution in [1.29, 1.82) is 0 Å². The van der Waals surface area contributed by atoms with E-state index in [1.54, 1.807) is 0 Å². The van der Waals surface area contributed by atoms with E-state index in [0.29, 0.717) is 17.5 Å².